The van der Waals surface area contributed by atoms with Crippen molar-refractivity contribution in [1.29, 1.82) is 0 Å². The Kier molecular flexibility index (Phi) is 2.91. The molecule has 0 bridgehead atoms. The maximum absolute atomic E-state index is 6.00. The molecule has 1 saturated heterocycles. The normalized spacial score (nSPS) is 29.1. The van der Waals surface area contributed by atoms with Crippen LogP contribution in [-0.4, -0.2) is 27.1 Å². The number of rotatable bonds is 3. The lowest BCUT2D eigenvalue weighted by Gasteiger charge is -2.35. The minimum Gasteiger partial charge on any atom is -0.414 e. The molecule has 13 heavy (non-hydrogen) atoms. The van der Waals surface area contributed by atoms with Crippen LogP contribution in [-0.2, 0) is 9.16 Å². The molecule has 0 aliphatic carbocycles. The Hall–Kier alpha value is 0.137. The minimum absolute atomic E-state index is 0.311. The number of hydrogen-bond acceptors (Lipinski definition) is 2. The van der Waals surface area contributed by atoms with Crippen LogP contribution in [0.3, 0.4) is 0 Å². The third-order valence-corrected chi connectivity index (χ3v) is 7.75. The van der Waals surface area contributed by atoms with Crippen molar-refractivity contribution in [2.75, 3.05) is 6.61 Å². The summed E-state index contributed by atoms with van der Waals surface area (Å²) in [4.78, 5) is 0. The van der Waals surface area contributed by atoms with Gasteiger partial charge in [-0.3, -0.25) is 0 Å². The second-order valence-corrected chi connectivity index (χ2v) is 10.3. The Labute approximate surface area is 82.7 Å². The molecule has 3 heteroatoms. The van der Waals surface area contributed by atoms with Gasteiger partial charge in [0, 0.05) is 0 Å². The lowest BCUT2D eigenvalue weighted by atomic mass is 10.2. The molecule has 0 N–H and O–H groups in total. The average molecular weight is 202 g/mol. The Morgan fingerprint density at radius 1 is 1.31 bits per heavy atom. The summed E-state index contributed by atoms with van der Waals surface area (Å²) in [5.74, 6) is 0. The van der Waals surface area contributed by atoms with E-state index in [1.807, 2.05) is 0 Å². The van der Waals surface area contributed by atoms with E-state index in [4.69, 9.17) is 9.16 Å². The molecule has 1 rings (SSSR count). The quantitative estimate of drug-likeness (QED) is 0.518. The zero-order chi connectivity index (χ0) is 10.3. The summed E-state index contributed by atoms with van der Waals surface area (Å²) >= 11 is 0. The van der Waals surface area contributed by atoms with Gasteiger partial charge in [-0.25, -0.2) is 0 Å². The van der Waals surface area contributed by atoms with Gasteiger partial charge in [0.1, 0.15) is 6.10 Å². The summed E-state index contributed by atoms with van der Waals surface area (Å²) in [5.41, 5.74) is 0. The van der Waals surface area contributed by atoms with E-state index < -0.39 is 8.32 Å². The topological polar surface area (TPSA) is 21.8 Å². The molecule has 0 aromatic heterocycles. The molecule has 1 fully saturated rings. The monoisotopic (exact) mass is 202 g/mol. The lowest BCUT2D eigenvalue weighted by Crippen LogP contribution is -2.41. The average Bonchev–Trinajstić information content (AvgIpc) is 2.60. The van der Waals surface area contributed by atoms with E-state index in [2.05, 4.69) is 40.8 Å². The van der Waals surface area contributed by atoms with E-state index in [1.165, 1.54) is 0 Å². The second-order valence-electron chi connectivity index (χ2n) is 5.45. The predicted molar refractivity (Wildman–Crippen MR) is 57.5 cm³/mol. The molecule has 2 atom stereocenters. The van der Waals surface area contributed by atoms with Crippen molar-refractivity contribution in [2.45, 2.75) is 58.0 Å². The first-order valence-electron chi connectivity index (χ1n) is 5.03. The standard InChI is InChI=1S/C10H22O2Si/c1-8-9(12-8)7-11-13(5,6)10(2,3)4/h8-9H,7H2,1-6H3. The van der Waals surface area contributed by atoms with Crippen LogP contribution in [0.25, 0.3) is 0 Å². The Bertz CT molecular complexity index is 184. The molecule has 1 heterocycles. The Balaban J connectivity index is 2.34. The van der Waals surface area contributed by atoms with Gasteiger partial charge in [0.05, 0.1) is 12.7 Å². The third kappa shape index (κ3) is 2.79. The summed E-state index contributed by atoms with van der Waals surface area (Å²) < 4.78 is 11.3. The van der Waals surface area contributed by atoms with Gasteiger partial charge in [0.15, 0.2) is 8.32 Å². The molecule has 0 radical (unpaired) electrons. The van der Waals surface area contributed by atoms with Gasteiger partial charge in [-0.2, -0.15) is 0 Å². The summed E-state index contributed by atoms with van der Waals surface area (Å²) in [5, 5.41) is 0.311. The highest BCUT2D eigenvalue weighted by molar-refractivity contribution is 6.74. The maximum atomic E-state index is 6.00. The van der Waals surface area contributed by atoms with Crippen molar-refractivity contribution in [3.05, 3.63) is 0 Å². The van der Waals surface area contributed by atoms with Gasteiger partial charge in [-0.05, 0) is 25.1 Å². The van der Waals surface area contributed by atoms with Gasteiger partial charge in [0.25, 0.3) is 0 Å². The summed E-state index contributed by atoms with van der Waals surface area (Å²) in [6, 6.07) is 0. The molecular weight excluding hydrogens is 180 g/mol. The van der Waals surface area contributed by atoms with Crippen molar-refractivity contribution in [1.82, 2.24) is 0 Å². The first-order chi connectivity index (χ1) is 5.74. The molecule has 2 unspecified atom stereocenters. The zero-order valence-corrected chi connectivity index (χ0v) is 10.7. The largest absolute Gasteiger partial charge is 0.414 e. The van der Waals surface area contributed by atoms with Crippen LogP contribution >= 0.6 is 0 Å². The SMILES string of the molecule is CC1OC1CO[Si](C)(C)C(C)(C)C. The number of ether oxygens (including phenoxy) is 1. The third-order valence-electron chi connectivity index (χ3n) is 3.25. The molecule has 2 nitrogen and oxygen atoms in total. The Morgan fingerprint density at radius 2 is 1.77 bits per heavy atom. The van der Waals surface area contributed by atoms with Crippen LogP contribution in [0.5, 0.6) is 0 Å². The van der Waals surface area contributed by atoms with Gasteiger partial charge in [-0.15, -0.1) is 0 Å². The van der Waals surface area contributed by atoms with Gasteiger partial charge >= 0.3 is 0 Å². The smallest absolute Gasteiger partial charge is 0.192 e. The van der Waals surface area contributed by atoms with E-state index in [0.29, 0.717) is 17.2 Å². The summed E-state index contributed by atoms with van der Waals surface area (Å²) in [7, 11) is -1.54. The van der Waals surface area contributed by atoms with Gasteiger partial charge in [-0.1, -0.05) is 20.8 Å². The van der Waals surface area contributed by atoms with Crippen LogP contribution in [0.1, 0.15) is 27.7 Å². The highest BCUT2D eigenvalue weighted by atomic mass is 28.4. The number of epoxide rings is 1. The van der Waals surface area contributed by atoms with Gasteiger partial charge in [0.2, 0.25) is 0 Å². The second kappa shape index (κ2) is 3.37. The van der Waals surface area contributed by atoms with Crippen LogP contribution in [0.15, 0.2) is 0 Å². The molecule has 0 amide bonds. The fourth-order valence-corrected chi connectivity index (χ4v) is 1.93. The fraction of sp³-hybridized carbons (Fsp3) is 1.00. The molecule has 0 aromatic carbocycles. The zero-order valence-electron chi connectivity index (χ0n) is 9.68. The van der Waals surface area contributed by atoms with Crippen LogP contribution in [0.4, 0.5) is 0 Å². The fourth-order valence-electron chi connectivity index (χ4n) is 0.912. The minimum atomic E-state index is -1.54. The van der Waals surface area contributed by atoms with Crippen LogP contribution < -0.4 is 0 Å². The van der Waals surface area contributed by atoms with E-state index in [-0.39, 0.29) is 0 Å². The molecule has 1 aliphatic heterocycles. The Morgan fingerprint density at radius 3 is 2.08 bits per heavy atom. The molecular formula is C10H22O2Si. The number of hydrogen-bond donors (Lipinski definition) is 0. The highest BCUT2D eigenvalue weighted by Crippen LogP contribution is 2.37. The van der Waals surface area contributed by atoms with Crippen molar-refractivity contribution in [2.24, 2.45) is 0 Å². The first-order valence-corrected chi connectivity index (χ1v) is 7.94. The van der Waals surface area contributed by atoms with Crippen LogP contribution in [0, 0.1) is 0 Å². The molecule has 0 spiro atoms. The van der Waals surface area contributed by atoms with E-state index in [1.54, 1.807) is 0 Å². The van der Waals surface area contributed by atoms with Crippen molar-refractivity contribution < 1.29 is 9.16 Å². The van der Waals surface area contributed by atoms with E-state index in [9.17, 15) is 0 Å². The molecule has 0 saturated carbocycles. The predicted octanol–water partition coefficient (Wildman–Crippen LogP) is 2.80. The van der Waals surface area contributed by atoms with E-state index in [0.717, 1.165) is 6.61 Å². The van der Waals surface area contributed by atoms with Crippen LogP contribution in [0.2, 0.25) is 18.1 Å². The maximum Gasteiger partial charge on any atom is 0.192 e. The van der Waals surface area contributed by atoms with E-state index >= 15 is 0 Å². The summed E-state index contributed by atoms with van der Waals surface area (Å²) in [6.07, 6.45) is 0.791. The van der Waals surface area contributed by atoms with Gasteiger partial charge < -0.3 is 9.16 Å². The van der Waals surface area contributed by atoms with Crippen molar-refractivity contribution in [3.63, 3.8) is 0 Å². The molecule has 78 valence electrons. The van der Waals surface area contributed by atoms with Crippen molar-refractivity contribution >= 4 is 8.32 Å². The van der Waals surface area contributed by atoms with Crippen molar-refractivity contribution in [3.8, 4) is 0 Å². The molecule has 0 aromatic rings. The first kappa shape index (κ1) is 11.2. The molecule has 1 aliphatic rings. The lowest BCUT2D eigenvalue weighted by molar-refractivity contribution is 0.242. The summed E-state index contributed by atoms with van der Waals surface area (Å²) in [6.45, 7) is 14.2. The highest BCUT2D eigenvalue weighted by Gasteiger charge is 2.41.